The highest BCUT2D eigenvalue weighted by Gasteiger charge is 1.92. The Hall–Kier alpha value is -1.70. The first-order chi connectivity index (χ1) is 6.86. The van der Waals surface area contributed by atoms with E-state index in [1.54, 1.807) is 12.4 Å². The molecule has 0 fully saturated rings. The summed E-state index contributed by atoms with van der Waals surface area (Å²) < 4.78 is 0. The Morgan fingerprint density at radius 2 is 1.21 bits per heavy atom. The average molecular weight is 188 g/mol. The zero-order valence-electron chi connectivity index (χ0n) is 8.29. The van der Waals surface area contributed by atoms with Gasteiger partial charge in [0.2, 0.25) is 0 Å². The standard InChI is InChI=1S/C12H16N2/c1-3-13-9-11-5-7-12(8-6-11)10-14-4-2/h3-8,13-14H,1-2,9-10H2. The van der Waals surface area contributed by atoms with Crippen LogP contribution in [0.4, 0.5) is 0 Å². The SMILES string of the molecule is C=CNCc1ccc(CNC=C)cc1. The summed E-state index contributed by atoms with van der Waals surface area (Å²) in [7, 11) is 0. The molecule has 0 radical (unpaired) electrons. The van der Waals surface area contributed by atoms with E-state index in [-0.39, 0.29) is 0 Å². The largest absolute Gasteiger partial charge is 0.387 e. The Labute approximate surface area is 85.3 Å². The molecule has 14 heavy (non-hydrogen) atoms. The van der Waals surface area contributed by atoms with Gasteiger partial charge in [0.25, 0.3) is 0 Å². The van der Waals surface area contributed by atoms with Crippen molar-refractivity contribution in [1.82, 2.24) is 10.6 Å². The molecular formula is C12H16N2. The Morgan fingerprint density at radius 1 is 0.857 bits per heavy atom. The van der Waals surface area contributed by atoms with Crippen molar-refractivity contribution in [2.75, 3.05) is 0 Å². The van der Waals surface area contributed by atoms with Gasteiger partial charge in [-0.1, -0.05) is 37.4 Å². The van der Waals surface area contributed by atoms with Gasteiger partial charge in [-0.3, -0.25) is 0 Å². The van der Waals surface area contributed by atoms with E-state index in [4.69, 9.17) is 0 Å². The van der Waals surface area contributed by atoms with Gasteiger partial charge in [0.05, 0.1) is 0 Å². The van der Waals surface area contributed by atoms with Crippen LogP contribution in [0.2, 0.25) is 0 Å². The van der Waals surface area contributed by atoms with E-state index >= 15 is 0 Å². The van der Waals surface area contributed by atoms with Crippen LogP contribution < -0.4 is 10.6 Å². The third-order valence-corrected chi connectivity index (χ3v) is 1.92. The van der Waals surface area contributed by atoms with Gasteiger partial charge in [-0.2, -0.15) is 0 Å². The fourth-order valence-electron chi connectivity index (χ4n) is 1.16. The lowest BCUT2D eigenvalue weighted by molar-refractivity contribution is 0.856. The third kappa shape index (κ3) is 3.35. The molecule has 2 heteroatoms. The molecule has 0 saturated carbocycles. The maximum atomic E-state index is 3.60. The topological polar surface area (TPSA) is 24.1 Å². The molecule has 0 aromatic heterocycles. The van der Waals surface area contributed by atoms with E-state index in [0.717, 1.165) is 13.1 Å². The van der Waals surface area contributed by atoms with Gasteiger partial charge < -0.3 is 10.6 Å². The molecule has 1 aromatic rings. The maximum absolute atomic E-state index is 3.60. The van der Waals surface area contributed by atoms with Crippen molar-refractivity contribution >= 4 is 0 Å². The first-order valence-corrected chi connectivity index (χ1v) is 4.63. The summed E-state index contributed by atoms with van der Waals surface area (Å²) >= 11 is 0. The van der Waals surface area contributed by atoms with Crippen molar-refractivity contribution in [1.29, 1.82) is 0 Å². The van der Waals surface area contributed by atoms with Crippen LogP contribution in [0.25, 0.3) is 0 Å². The van der Waals surface area contributed by atoms with Crippen molar-refractivity contribution < 1.29 is 0 Å². The summed E-state index contributed by atoms with van der Waals surface area (Å²) in [5.74, 6) is 0. The summed E-state index contributed by atoms with van der Waals surface area (Å²) in [5.41, 5.74) is 2.51. The van der Waals surface area contributed by atoms with Gasteiger partial charge in [-0.15, -0.1) is 0 Å². The summed E-state index contributed by atoms with van der Waals surface area (Å²) in [6.07, 6.45) is 3.40. The fourth-order valence-corrected chi connectivity index (χ4v) is 1.16. The van der Waals surface area contributed by atoms with Crippen LogP contribution >= 0.6 is 0 Å². The zero-order valence-corrected chi connectivity index (χ0v) is 8.29. The van der Waals surface area contributed by atoms with Gasteiger partial charge in [-0.25, -0.2) is 0 Å². The molecule has 74 valence electrons. The number of hydrogen-bond donors (Lipinski definition) is 2. The highest BCUT2D eigenvalue weighted by Crippen LogP contribution is 2.03. The predicted molar refractivity (Wildman–Crippen MR) is 60.5 cm³/mol. The first-order valence-electron chi connectivity index (χ1n) is 4.63. The Bertz CT molecular complexity index is 257. The molecular weight excluding hydrogens is 172 g/mol. The second-order valence-corrected chi connectivity index (χ2v) is 2.99. The lowest BCUT2D eigenvalue weighted by Gasteiger charge is -2.04. The third-order valence-electron chi connectivity index (χ3n) is 1.92. The number of rotatable bonds is 6. The second-order valence-electron chi connectivity index (χ2n) is 2.99. The molecule has 0 amide bonds. The molecule has 1 rings (SSSR count). The van der Waals surface area contributed by atoms with Crippen LogP contribution in [0.3, 0.4) is 0 Å². The van der Waals surface area contributed by atoms with Crippen molar-refractivity contribution in [2.24, 2.45) is 0 Å². The fraction of sp³-hybridized carbons (Fsp3) is 0.167. The molecule has 0 aliphatic carbocycles. The van der Waals surface area contributed by atoms with Gasteiger partial charge in [0, 0.05) is 13.1 Å². The van der Waals surface area contributed by atoms with Crippen LogP contribution in [0, 0.1) is 0 Å². The Kier molecular flexibility index (Phi) is 4.35. The lowest BCUT2D eigenvalue weighted by atomic mass is 10.1. The van der Waals surface area contributed by atoms with Crippen molar-refractivity contribution in [3.63, 3.8) is 0 Å². The molecule has 1 aromatic carbocycles. The van der Waals surface area contributed by atoms with Gasteiger partial charge in [0.15, 0.2) is 0 Å². The number of hydrogen-bond acceptors (Lipinski definition) is 2. The lowest BCUT2D eigenvalue weighted by Crippen LogP contribution is -2.05. The second kappa shape index (κ2) is 5.86. The van der Waals surface area contributed by atoms with E-state index in [2.05, 4.69) is 48.1 Å². The number of nitrogens with one attached hydrogen (secondary N) is 2. The molecule has 0 aliphatic rings. The van der Waals surface area contributed by atoms with E-state index < -0.39 is 0 Å². The monoisotopic (exact) mass is 188 g/mol. The normalized spacial score (nSPS) is 9.14. The summed E-state index contributed by atoms with van der Waals surface area (Å²) in [4.78, 5) is 0. The molecule has 0 saturated heterocycles. The molecule has 2 nitrogen and oxygen atoms in total. The smallest absolute Gasteiger partial charge is 0.0395 e. The van der Waals surface area contributed by atoms with E-state index in [0.29, 0.717) is 0 Å². The van der Waals surface area contributed by atoms with Gasteiger partial charge in [0.1, 0.15) is 0 Å². The summed E-state index contributed by atoms with van der Waals surface area (Å²) in [6.45, 7) is 8.87. The van der Waals surface area contributed by atoms with Crippen LogP contribution in [0.15, 0.2) is 49.8 Å². The highest BCUT2D eigenvalue weighted by molar-refractivity contribution is 5.22. The van der Waals surface area contributed by atoms with Crippen molar-refractivity contribution in [2.45, 2.75) is 13.1 Å². The van der Waals surface area contributed by atoms with E-state index in [1.165, 1.54) is 11.1 Å². The van der Waals surface area contributed by atoms with Gasteiger partial charge >= 0.3 is 0 Å². The van der Waals surface area contributed by atoms with Crippen LogP contribution in [0.1, 0.15) is 11.1 Å². The van der Waals surface area contributed by atoms with E-state index in [1.807, 2.05) is 0 Å². The zero-order chi connectivity index (χ0) is 10.2. The average Bonchev–Trinajstić information content (AvgIpc) is 2.25. The molecule has 0 bridgehead atoms. The maximum Gasteiger partial charge on any atom is 0.0395 e. The minimum absolute atomic E-state index is 0.832. The van der Waals surface area contributed by atoms with E-state index in [9.17, 15) is 0 Å². The van der Waals surface area contributed by atoms with Crippen LogP contribution in [-0.2, 0) is 13.1 Å². The van der Waals surface area contributed by atoms with Crippen LogP contribution in [-0.4, -0.2) is 0 Å². The van der Waals surface area contributed by atoms with Crippen LogP contribution in [0.5, 0.6) is 0 Å². The Balaban J connectivity index is 2.49. The molecule has 0 unspecified atom stereocenters. The molecule has 2 N–H and O–H groups in total. The predicted octanol–water partition coefficient (Wildman–Crippen LogP) is 2.15. The minimum atomic E-state index is 0.832. The molecule has 0 heterocycles. The molecule has 0 spiro atoms. The highest BCUT2D eigenvalue weighted by atomic mass is 14.8. The number of benzene rings is 1. The first kappa shape index (κ1) is 10.4. The summed E-state index contributed by atoms with van der Waals surface area (Å²) in [5, 5.41) is 6.12. The molecule has 0 aliphatic heterocycles. The van der Waals surface area contributed by atoms with Crippen molar-refractivity contribution in [3.8, 4) is 0 Å². The van der Waals surface area contributed by atoms with Gasteiger partial charge in [-0.05, 0) is 23.5 Å². The van der Waals surface area contributed by atoms with Crippen molar-refractivity contribution in [3.05, 3.63) is 61.0 Å². The Morgan fingerprint density at radius 3 is 1.50 bits per heavy atom. The molecule has 0 atom stereocenters. The minimum Gasteiger partial charge on any atom is -0.387 e. The summed E-state index contributed by atoms with van der Waals surface area (Å²) in [6, 6.07) is 8.43. The quantitative estimate of drug-likeness (QED) is 0.714.